The van der Waals surface area contributed by atoms with Gasteiger partial charge in [0.2, 0.25) is 0 Å². The maximum atomic E-state index is 14.4. The maximum absolute atomic E-state index is 14.4. The highest BCUT2D eigenvalue weighted by molar-refractivity contribution is 7.91. The molecule has 0 radical (unpaired) electrons. The van der Waals surface area contributed by atoms with Crippen molar-refractivity contribution in [2.75, 3.05) is 5.75 Å². The number of rotatable bonds is 3. The third-order valence-corrected chi connectivity index (χ3v) is 4.80. The van der Waals surface area contributed by atoms with Gasteiger partial charge in [0, 0.05) is 5.41 Å². The van der Waals surface area contributed by atoms with E-state index in [0.717, 1.165) is 6.92 Å². The third kappa shape index (κ3) is 3.48. The molecule has 0 fully saturated rings. The highest BCUT2D eigenvalue weighted by Crippen LogP contribution is 2.38. The normalized spacial score (nSPS) is 13.3. The molecule has 0 unspecified atom stereocenters. The minimum atomic E-state index is -5.04. The lowest BCUT2D eigenvalue weighted by atomic mass is 9.86. The van der Waals surface area contributed by atoms with E-state index in [2.05, 4.69) is 0 Å². The van der Waals surface area contributed by atoms with Gasteiger partial charge in [-0.25, -0.2) is 12.8 Å². The van der Waals surface area contributed by atoms with Gasteiger partial charge in [0.05, 0.1) is 16.9 Å². The molecule has 22 heavy (non-hydrogen) atoms. The molecule has 1 aromatic carbocycles. The lowest BCUT2D eigenvalue weighted by Gasteiger charge is -2.20. The number of halogens is 4. The molecule has 0 bridgehead atoms. The quantitative estimate of drug-likeness (QED) is 0.620. The van der Waals surface area contributed by atoms with E-state index in [-0.39, 0.29) is 0 Å². The van der Waals surface area contributed by atoms with Gasteiger partial charge in [0.1, 0.15) is 4.90 Å². The van der Waals surface area contributed by atoms with Crippen LogP contribution in [0.25, 0.3) is 0 Å². The molecule has 0 aliphatic heterocycles. The second-order valence-electron chi connectivity index (χ2n) is 5.78. The first-order valence-electron chi connectivity index (χ1n) is 6.40. The van der Waals surface area contributed by atoms with E-state index in [0.29, 0.717) is 12.1 Å². The van der Waals surface area contributed by atoms with Crippen molar-refractivity contribution in [2.24, 2.45) is 5.41 Å². The number of alkyl halides is 3. The predicted molar refractivity (Wildman–Crippen MR) is 72.9 cm³/mol. The minimum absolute atomic E-state index is 0.435. The SMILES string of the molecule is CCS(=O)(=O)c1c(C(F)(F)F)ccc(C(=O)C(C)(C)C)c1F. The highest BCUT2D eigenvalue weighted by Gasteiger charge is 2.40. The van der Waals surface area contributed by atoms with E-state index in [1.807, 2.05) is 0 Å². The summed E-state index contributed by atoms with van der Waals surface area (Å²) in [5.41, 5.74) is -3.32. The zero-order chi connectivity index (χ0) is 17.5. The maximum Gasteiger partial charge on any atom is 0.417 e. The van der Waals surface area contributed by atoms with E-state index < -0.39 is 54.8 Å². The van der Waals surface area contributed by atoms with E-state index >= 15 is 0 Å². The molecule has 0 N–H and O–H groups in total. The van der Waals surface area contributed by atoms with Gasteiger partial charge in [-0.05, 0) is 12.1 Å². The molecule has 1 aromatic rings. The average Bonchev–Trinajstić information content (AvgIpc) is 2.35. The largest absolute Gasteiger partial charge is 0.417 e. The lowest BCUT2D eigenvalue weighted by Crippen LogP contribution is -2.24. The first kappa shape index (κ1) is 18.6. The van der Waals surface area contributed by atoms with Crippen LogP contribution < -0.4 is 0 Å². The average molecular weight is 340 g/mol. The van der Waals surface area contributed by atoms with Crippen molar-refractivity contribution >= 4 is 15.6 Å². The van der Waals surface area contributed by atoms with Gasteiger partial charge in [-0.1, -0.05) is 27.7 Å². The number of ketones is 1. The molecule has 124 valence electrons. The Balaban J connectivity index is 3.81. The van der Waals surface area contributed by atoms with Crippen LogP contribution in [0, 0.1) is 11.2 Å². The number of sulfone groups is 1. The van der Waals surface area contributed by atoms with Crippen molar-refractivity contribution < 1.29 is 30.8 Å². The second kappa shape index (κ2) is 5.64. The Morgan fingerprint density at radius 2 is 1.64 bits per heavy atom. The highest BCUT2D eigenvalue weighted by atomic mass is 32.2. The van der Waals surface area contributed by atoms with Crippen LogP contribution >= 0.6 is 0 Å². The van der Waals surface area contributed by atoms with E-state index in [1.54, 1.807) is 0 Å². The van der Waals surface area contributed by atoms with Crippen LogP contribution in [0.4, 0.5) is 17.6 Å². The Hall–Kier alpha value is -1.44. The molecular weight excluding hydrogens is 324 g/mol. The predicted octanol–water partition coefficient (Wildman–Crippen LogP) is 3.87. The molecule has 0 spiro atoms. The molecule has 0 atom stereocenters. The van der Waals surface area contributed by atoms with Crippen LogP contribution in [0.1, 0.15) is 43.6 Å². The number of hydrogen-bond donors (Lipinski definition) is 0. The molecule has 0 aliphatic rings. The van der Waals surface area contributed by atoms with E-state index in [4.69, 9.17) is 0 Å². The summed E-state index contributed by atoms with van der Waals surface area (Å²) in [5.74, 6) is -3.12. The fraction of sp³-hybridized carbons (Fsp3) is 0.500. The molecule has 1 rings (SSSR count). The summed E-state index contributed by atoms with van der Waals surface area (Å²) in [4.78, 5) is 10.6. The first-order valence-corrected chi connectivity index (χ1v) is 8.06. The fourth-order valence-corrected chi connectivity index (χ4v) is 3.00. The first-order chi connectivity index (χ1) is 9.73. The van der Waals surface area contributed by atoms with Gasteiger partial charge in [-0.2, -0.15) is 13.2 Å². The standard InChI is InChI=1S/C14H16F4O3S/c1-5-22(20,21)11-9(14(16,17)18)7-6-8(10(11)15)12(19)13(2,3)4/h6-7H,5H2,1-4H3. The van der Waals surface area contributed by atoms with Crippen LogP contribution in [-0.2, 0) is 16.0 Å². The number of Topliss-reactive ketones (excluding diaryl/α,β-unsaturated/α-hetero) is 1. The number of hydrogen-bond acceptors (Lipinski definition) is 3. The zero-order valence-electron chi connectivity index (χ0n) is 12.5. The lowest BCUT2D eigenvalue weighted by molar-refractivity contribution is -0.140. The summed E-state index contributed by atoms with van der Waals surface area (Å²) in [7, 11) is -4.49. The molecule has 0 saturated carbocycles. The van der Waals surface area contributed by atoms with Gasteiger partial charge in [0.15, 0.2) is 21.4 Å². The van der Waals surface area contributed by atoms with Crippen molar-refractivity contribution in [3.8, 4) is 0 Å². The molecule has 3 nitrogen and oxygen atoms in total. The summed E-state index contributed by atoms with van der Waals surface area (Å²) in [6.07, 6.45) is -5.04. The molecule has 0 heterocycles. The van der Waals surface area contributed by atoms with E-state index in [1.165, 1.54) is 20.8 Å². The Kier molecular flexibility index (Phi) is 4.77. The third-order valence-electron chi connectivity index (χ3n) is 3.02. The van der Waals surface area contributed by atoms with E-state index in [9.17, 15) is 30.8 Å². The Bertz CT molecular complexity index is 698. The smallest absolute Gasteiger partial charge is 0.293 e. The summed E-state index contributed by atoms with van der Waals surface area (Å²) in [5, 5.41) is 0. The summed E-state index contributed by atoms with van der Waals surface area (Å²) < 4.78 is 77.0. The summed E-state index contributed by atoms with van der Waals surface area (Å²) >= 11 is 0. The molecule has 0 amide bonds. The topological polar surface area (TPSA) is 51.2 Å². The minimum Gasteiger partial charge on any atom is -0.293 e. The van der Waals surface area contributed by atoms with Crippen molar-refractivity contribution in [1.29, 1.82) is 0 Å². The Morgan fingerprint density at radius 3 is 2.00 bits per heavy atom. The van der Waals surface area contributed by atoms with Crippen LogP contribution in [0.3, 0.4) is 0 Å². The fourth-order valence-electron chi connectivity index (χ4n) is 1.81. The molecule has 0 aliphatic carbocycles. The number of benzene rings is 1. The van der Waals surface area contributed by atoms with Crippen molar-refractivity contribution in [1.82, 2.24) is 0 Å². The Morgan fingerprint density at radius 1 is 1.14 bits per heavy atom. The zero-order valence-corrected chi connectivity index (χ0v) is 13.3. The van der Waals surface area contributed by atoms with Crippen LogP contribution in [0.15, 0.2) is 17.0 Å². The van der Waals surface area contributed by atoms with Crippen molar-refractivity contribution in [3.63, 3.8) is 0 Å². The van der Waals surface area contributed by atoms with Gasteiger partial charge >= 0.3 is 6.18 Å². The van der Waals surface area contributed by atoms with Gasteiger partial charge in [0.25, 0.3) is 0 Å². The summed E-state index contributed by atoms with van der Waals surface area (Å²) in [6, 6.07) is 1.12. The van der Waals surface area contributed by atoms with Crippen LogP contribution in [-0.4, -0.2) is 20.0 Å². The van der Waals surface area contributed by atoms with Gasteiger partial charge in [-0.3, -0.25) is 4.79 Å². The summed E-state index contributed by atoms with van der Waals surface area (Å²) in [6.45, 7) is 5.48. The number of carbonyl (C=O) groups excluding carboxylic acids is 1. The molecule has 0 saturated heterocycles. The van der Waals surface area contributed by atoms with Crippen molar-refractivity contribution in [3.05, 3.63) is 29.1 Å². The molecule has 8 heteroatoms. The van der Waals surface area contributed by atoms with Gasteiger partial charge in [-0.15, -0.1) is 0 Å². The molecular formula is C14H16F4O3S. The van der Waals surface area contributed by atoms with Crippen molar-refractivity contribution in [2.45, 2.75) is 38.8 Å². The number of carbonyl (C=O) groups is 1. The second-order valence-corrected chi connectivity index (χ2v) is 8.00. The van der Waals surface area contributed by atoms with Crippen LogP contribution in [0.5, 0.6) is 0 Å². The monoisotopic (exact) mass is 340 g/mol. The molecule has 0 aromatic heterocycles. The Labute approximate surface area is 126 Å². The van der Waals surface area contributed by atoms with Gasteiger partial charge < -0.3 is 0 Å². The van der Waals surface area contributed by atoms with Crippen LogP contribution in [0.2, 0.25) is 0 Å².